The fourth-order valence-electron chi connectivity index (χ4n) is 1.19. The molecule has 1 aromatic heterocycles. The Bertz CT molecular complexity index is 457. The lowest BCUT2D eigenvalue weighted by Gasteiger charge is -2.01. The molecule has 0 aliphatic carbocycles. The summed E-state index contributed by atoms with van der Waals surface area (Å²) < 4.78 is 13.3. The number of nitrogens with zero attached hydrogens (tertiary/aromatic N) is 2. The zero-order valence-corrected chi connectivity index (χ0v) is 7.31. The molecule has 0 aliphatic rings. The number of hydrogen-bond acceptors (Lipinski definition) is 3. The Morgan fingerprint density at radius 3 is 2.64 bits per heavy atom. The number of hydrogen-bond donors (Lipinski definition) is 1. The van der Waals surface area contributed by atoms with E-state index in [0.29, 0.717) is 17.1 Å². The summed E-state index contributed by atoms with van der Waals surface area (Å²) in [4.78, 5) is 7.68. The Kier molecular flexibility index (Phi) is 2.10. The van der Waals surface area contributed by atoms with Gasteiger partial charge in [0.25, 0.3) is 0 Å². The van der Waals surface area contributed by atoms with Gasteiger partial charge in [0.1, 0.15) is 18.0 Å². The second-order valence-corrected chi connectivity index (χ2v) is 2.81. The Morgan fingerprint density at radius 2 is 1.93 bits per heavy atom. The van der Waals surface area contributed by atoms with Crippen LogP contribution in [0.3, 0.4) is 0 Å². The van der Waals surface area contributed by atoms with Crippen molar-refractivity contribution in [2.24, 2.45) is 0 Å². The molecule has 0 spiro atoms. The van der Waals surface area contributed by atoms with E-state index in [1.54, 1.807) is 24.3 Å². The number of aromatic nitrogens is 2. The second kappa shape index (κ2) is 3.41. The van der Waals surface area contributed by atoms with E-state index in [-0.39, 0.29) is 5.82 Å². The normalized spacial score (nSPS) is 10.1. The lowest BCUT2D eigenvalue weighted by molar-refractivity contribution is 0.630. The van der Waals surface area contributed by atoms with Gasteiger partial charge in [-0.05, 0) is 12.1 Å². The van der Waals surface area contributed by atoms with E-state index in [2.05, 4.69) is 9.97 Å². The molecule has 4 heteroatoms. The van der Waals surface area contributed by atoms with Gasteiger partial charge >= 0.3 is 0 Å². The molecule has 0 unspecified atom stereocenters. The molecule has 0 amide bonds. The summed E-state index contributed by atoms with van der Waals surface area (Å²) in [5.41, 5.74) is 6.40. The van der Waals surface area contributed by atoms with Gasteiger partial charge in [0.15, 0.2) is 0 Å². The van der Waals surface area contributed by atoms with Gasteiger partial charge < -0.3 is 5.73 Å². The number of anilines is 1. The lowest BCUT2D eigenvalue weighted by atomic mass is 10.1. The van der Waals surface area contributed by atoms with Crippen LogP contribution in [0.5, 0.6) is 0 Å². The molecule has 2 aromatic rings. The smallest absolute Gasteiger partial charge is 0.132 e. The summed E-state index contributed by atoms with van der Waals surface area (Å²) in [6, 6.07) is 7.95. The minimum atomic E-state index is -0.314. The highest BCUT2D eigenvalue weighted by Crippen LogP contribution is 2.20. The molecule has 14 heavy (non-hydrogen) atoms. The Hall–Kier alpha value is -1.97. The lowest BCUT2D eigenvalue weighted by Crippen LogP contribution is -1.93. The molecule has 0 saturated heterocycles. The molecule has 0 fully saturated rings. The largest absolute Gasteiger partial charge is 0.384 e. The van der Waals surface area contributed by atoms with Crippen molar-refractivity contribution in [1.29, 1.82) is 0 Å². The minimum absolute atomic E-state index is 0.314. The third kappa shape index (κ3) is 1.54. The first kappa shape index (κ1) is 8.62. The Morgan fingerprint density at radius 1 is 1.14 bits per heavy atom. The van der Waals surface area contributed by atoms with Gasteiger partial charge in [-0.25, -0.2) is 14.4 Å². The number of nitrogens with two attached hydrogens (primary N) is 1. The first-order chi connectivity index (χ1) is 6.77. The number of rotatable bonds is 1. The monoisotopic (exact) mass is 189 g/mol. The average molecular weight is 189 g/mol. The maximum Gasteiger partial charge on any atom is 0.132 e. The maximum atomic E-state index is 13.3. The van der Waals surface area contributed by atoms with Crippen LogP contribution in [0, 0.1) is 5.82 Å². The van der Waals surface area contributed by atoms with Crippen LogP contribution in [0.4, 0.5) is 10.2 Å². The van der Waals surface area contributed by atoms with Gasteiger partial charge in [-0.2, -0.15) is 0 Å². The van der Waals surface area contributed by atoms with Gasteiger partial charge in [-0.15, -0.1) is 0 Å². The van der Waals surface area contributed by atoms with E-state index in [4.69, 9.17) is 5.73 Å². The molecule has 0 aliphatic heterocycles. The quantitative estimate of drug-likeness (QED) is 0.744. The van der Waals surface area contributed by atoms with Crippen LogP contribution in [-0.4, -0.2) is 9.97 Å². The van der Waals surface area contributed by atoms with Gasteiger partial charge in [0.2, 0.25) is 0 Å². The number of benzene rings is 1. The van der Waals surface area contributed by atoms with Crippen LogP contribution in [0.25, 0.3) is 11.3 Å². The average Bonchev–Trinajstić information content (AvgIpc) is 2.18. The van der Waals surface area contributed by atoms with Crippen molar-refractivity contribution < 1.29 is 4.39 Å². The van der Waals surface area contributed by atoms with Crippen LogP contribution in [0.15, 0.2) is 36.7 Å². The first-order valence-corrected chi connectivity index (χ1v) is 4.10. The van der Waals surface area contributed by atoms with E-state index in [1.165, 1.54) is 12.4 Å². The first-order valence-electron chi connectivity index (χ1n) is 4.10. The Labute approximate surface area is 80.4 Å². The molecular formula is C10H8FN3. The summed E-state index contributed by atoms with van der Waals surface area (Å²) in [6.45, 7) is 0. The molecule has 0 radical (unpaired) electrons. The van der Waals surface area contributed by atoms with Crippen molar-refractivity contribution in [3.63, 3.8) is 0 Å². The minimum Gasteiger partial charge on any atom is -0.384 e. The van der Waals surface area contributed by atoms with E-state index in [0.717, 1.165) is 0 Å². The van der Waals surface area contributed by atoms with Gasteiger partial charge in [-0.1, -0.05) is 12.1 Å². The highest BCUT2D eigenvalue weighted by Gasteiger charge is 2.04. The van der Waals surface area contributed by atoms with Crippen molar-refractivity contribution in [2.45, 2.75) is 0 Å². The number of halogens is 1. The van der Waals surface area contributed by atoms with Crippen molar-refractivity contribution in [3.05, 3.63) is 42.5 Å². The molecule has 0 bridgehead atoms. The molecule has 0 saturated carbocycles. The van der Waals surface area contributed by atoms with Crippen molar-refractivity contribution in [1.82, 2.24) is 9.97 Å². The fraction of sp³-hybridized carbons (Fsp3) is 0. The highest BCUT2D eigenvalue weighted by molar-refractivity contribution is 5.61. The summed E-state index contributed by atoms with van der Waals surface area (Å²) >= 11 is 0. The molecule has 70 valence electrons. The van der Waals surface area contributed by atoms with Crippen molar-refractivity contribution >= 4 is 5.82 Å². The van der Waals surface area contributed by atoms with Crippen LogP contribution >= 0.6 is 0 Å². The number of nitrogen functional groups attached to an aromatic ring is 1. The van der Waals surface area contributed by atoms with Gasteiger partial charge in [-0.3, -0.25) is 0 Å². The summed E-state index contributed by atoms with van der Waals surface area (Å²) in [5.74, 6) is 0.0175. The summed E-state index contributed by atoms with van der Waals surface area (Å²) in [5, 5.41) is 0. The maximum absolute atomic E-state index is 13.3. The van der Waals surface area contributed by atoms with Crippen LogP contribution < -0.4 is 5.73 Å². The third-order valence-corrected chi connectivity index (χ3v) is 1.84. The van der Waals surface area contributed by atoms with E-state index in [9.17, 15) is 4.39 Å². The molecule has 1 aromatic carbocycles. The second-order valence-electron chi connectivity index (χ2n) is 2.81. The van der Waals surface area contributed by atoms with Gasteiger partial charge in [0.05, 0.1) is 5.69 Å². The SMILES string of the molecule is Nc1cc(-c2ccccc2F)ncn1. The van der Waals surface area contributed by atoms with E-state index in [1.807, 2.05) is 0 Å². The zero-order valence-electron chi connectivity index (χ0n) is 7.31. The molecular weight excluding hydrogens is 181 g/mol. The molecule has 2 rings (SSSR count). The Balaban J connectivity index is 2.55. The van der Waals surface area contributed by atoms with Gasteiger partial charge in [0, 0.05) is 11.6 Å². The summed E-state index contributed by atoms with van der Waals surface area (Å²) in [7, 11) is 0. The fourth-order valence-corrected chi connectivity index (χ4v) is 1.19. The van der Waals surface area contributed by atoms with Crippen LogP contribution in [0.2, 0.25) is 0 Å². The zero-order chi connectivity index (χ0) is 9.97. The molecule has 3 nitrogen and oxygen atoms in total. The van der Waals surface area contributed by atoms with E-state index >= 15 is 0 Å². The van der Waals surface area contributed by atoms with Crippen molar-refractivity contribution in [3.8, 4) is 11.3 Å². The molecule has 2 N–H and O–H groups in total. The van der Waals surface area contributed by atoms with Crippen LogP contribution in [0.1, 0.15) is 0 Å². The predicted octanol–water partition coefficient (Wildman–Crippen LogP) is 1.86. The van der Waals surface area contributed by atoms with Crippen molar-refractivity contribution in [2.75, 3.05) is 5.73 Å². The molecule has 1 heterocycles. The highest BCUT2D eigenvalue weighted by atomic mass is 19.1. The third-order valence-electron chi connectivity index (χ3n) is 1.84. The summed E-state index contributed by atoms with van der Waals surface area (Å²) in [6.07, 6.45) is 1.32. The van der Waals surface area contributed by atoms with Crippen LogP contribution in [-0.2, 0) is 0 Å². The topological polar surface area (TPSA) is 51.8 Å². The van der Waals surface area contributed by atoms with E-state index < -0.39 is 0 Å². The molecule has 0 atom stereocenters. The standard InChI is InChI=1S/C10H8FN3/c11-8-4-2-1-3-7(8)9-5-10(12)14-6-13-9/h1-6H,(H2,12,13,14). The predicted molar refractivity (Wildman–Crippen MR) is 51.8 cm³/mol.